The molecule has 0 aliphatic carbocycles. The number of allylic oxidation sites excluding steroid dienone is 1. The monoisotopic (exact) mass is 450 g/mol. The zero-order valence-electron chi connectivity index (χ0n) is 15.9. The molecule has 0 aliphatic rings. The predicted molar refractivity (Wildman–Crippen MR) is 80.3 cm³/mol. The number of alkyl halides is 10. The minimum absolute atomic E-state index is 0.330. The van der Waals surface area contributed by atoms with Gasteiger partial charge in [0.25, 0.3) is 18.1 Å². The molecule has 0 aliphatic heterocycles. The van der Waals surface area contributed by atoms with Gasteiger partial charge in [-0.15, -0.1) is 0 Å². The first-order valence-electron chi connectivity index (χ1n) is 7.88. The summed E-state index contributed by atoms with van der Waals surface area (Å²) in [6, 6.07) is 0. The molecule has 0 radical (unpaired) electrons. The van der Waals surface area contributed by atoms with E-state index in [2.05, 4.69) is 4.74 Å². The van der Waals surface area contributed by atoms with Crippen LogP contribution in [0.25, 0.3) is 0 Å². The van der Waals surface area contributed by atoms with Crippen molar-refractivity contribution in [2.24, 2.45) is 11.3 Å². The van der Waals surface area contributed by atoms with E-state index in [1.807, 2.05) is 0 Å². The van der Waals surface area contributed by atoms with Crippen molar-refractivity contribution >= 4 is 5.97 Å². The maximum absolute atomic E-state index is 14.1. The summed E-state index contributed by atoms with van der Waals surface area (Å²) >= 11 is 0. The zero-order chi connectivity index (χ0) is 23.8. The lowest BCUT2D eigenvalue weighted by Gasteiger charge is -2.40. The van der Waals surface area contributed by atoms with Crippen LogP contribution in [0.5, 0.6) is 0 Å². The van der Waals surface area contributed by atoms with Crippen LogP contribution in [0.15, 0.2) is 11.6 Å². The SMILES string of the molecule is CC(C)=CC(C(=O)OC(C(F)(F)F)C(F)(F)C(O)(C(F)F)C(F)(F)F)C(C)(C)C. The van der Waals surface area contributed by atoms with Crippen LogP contribution in [-0.2, 0) is 9.53 Å². The Morgan fingerprint density at radius 1 is 0.931 bits per heavy atom. The van der Waals surface area contributed by atoms with Gasteiger partial charge < -0.3 is 9.84 Å². The second-order valence-corrected chi connectivity index (χ2v) is 7.63. The highest BCUT2D eigenvalue weighted by molar-refractivity contribution is 5.76. The second-order valence-electron chi connectivity index (χ2n) is 7.63. The summed E-state index contributed by atoms with van der Waals surface area (Å²) in [7, 11) is 0. The van der Waals surface area contributed by atoms with Gasteiger partial charge in [-0.2, -0.15) is 35.1 Å². The lowest BCUT2D eigenvalue weighted by Crippen LogP contribution is -2.70. The molecule has 29 heavy (non-hydrogen) atoms. The molecule has 13 heteroatoms. The van der Waals surface area contributed by atoms with Crippen LogP contribution in [0.1, 0.15) is 34.6 Å². The number of carbonyl (C=O) groups excluding carboxylic acids is 1. The summed E-state index contributed by atoms with van der Waals surface area (Å²) < 4.78 is 135. The lowest BCUT2D eigenvalue weighted by molar-refractivity contribution is -0.401. The fourth-order valence-electron chi connectivity index (χ4n) is 2.20. The molecule has 0 saturated heterocycles. The van der Waals surface area contributed by atoms with Crippen LogP contribution in [0.3, 0.4) is 0 Å². The number of hydrogen-bond donors (Lipinski definition) is 1. The van der Waals surface area contributed by atoms with E-state index in [1.165, 1.54) is 34.6 Å². The smallest absolute Gasteiger partial charge is 0.431 e. The normalized spacial score (nSPS) is 18.1. The third-order valence-corrected chi connectivity index (χ3v) is 3.80. The van der Waals surface area contributed by atoms with Gasteiger partial charge in [0.05, 0.1) is 5.92 Å². The zero-order valence-corrected chi connectivity index (χ0v) is 15.9. The molecule has 172 valence electrons. The summed E-state index contributed by atoms with van der Waals surface area (Å²) in [5.41, 5.74) is -7.33. The molecule has 0 fully saturated rings. The molecule has 3 unspecified atom stereocenters. The van der Waals surface area contributed by atoms with Gasteiger partial charge in [-0.05, 0) is 19.3 Å². The minimum atomic E-state index is -6.89. The minimum Gasteiger partial charge on any atom is -0.445 e. The Morgan fingerprint density at radius 3 is 1.59 bits per heavy atom. The number of halogens is 10. The first kappa shape index (κ1) is 27.5. The molecule has 0 rings (SSSR count). The number of hydrogen-bond acceptors (Lipinski definition) is 3. The van der Waals surface area contributed by atoms with E-state index >= 15 is 0 Å². The molecule has 0 amide bonds. The van der Waals surface area contributed by atoms with Gasteiger partial charge in [0.2, 0.25) is 0 Å². The van der Waals surface area contributed by atoms with Crippen molar-refractivity contribution in [2.45, 2.75) is 71.0 Å². The fraction of sp³-hybridized carbons (Fsp3) is 0.812. The van der Waals surface area contributed by atoms with E-state index in [0.717, 1.165) is 6.08 Å². The quantitative estimate of drug-likeness (QED) is 0.340. The van der Waals surface area contributed by atoms with Crippen molar-refractivity contribution in [3.63, 3.8) is 0 Å². The summed E-state index contributed by atoms with van der Waals surface area (Å²) in [6.07, 6.45) is -22.6. The number of carbonyl (C=O) groups is 1. The van der Waals surface area contributed by atoms with Gasteiger partial charge >= 0.3 is 24.2 Å². The van der Waals surface area contributed by atoms with Crippen LogP contribution in [0.2, 0.25) is 0 Å². The van der Waals surface area contributed by atoms with Crippen LogP contribution in [0.4, 0.5) is 43.9 Å². The van der Waals surface area contributed by atoms with E-state index in [4.69, 9.17) is 5.11 Å². The van der Waals surface area contributed by atoms with Crippen molar-refractivity contribution in [3.05, 3.63) is 11.6 Å². The number of rotatable bonds is 6. The van der Waals surface area contributed by atoms with E-state index in [0.29, 0.717) is 5.57 Å². The van der Waals surface area contributed by atoms with Gasteiger partial charge in [0, 0.05) is 0 Å². The van der Waals surface area contributed by atoms with E-state index in [9.17, 15) is 48.7 Å². The van der Waals surface area contributed by atoms with E-state index < -0.39 is 53.7 Å². The Morgan fingerprint density at radius 2 is 1.34 bits per heavy atom. The molecular formula is C16H20F10O3. The average molecular weight is 450 g/mol. The Hall–Kier alpha value is -1.53. The number of ether oxygens (including phenoxy) is 1. The highest BCUT2D eigenvalue weighted by Crippen LogP contribution is 2.51. The van der Waals surface area contributed by atoms with Crippen LogP contribution in [0, 0.1) is 11.3 Å². The third-order valence-electron chi connectivity index (χ3n) is 3.80. The molecule has 0 aromatic carbocycles. The molecular weight excluding hydrogens is 430 g/mol. The van der Waals surface area contributed by atoms with Crippen LogP contribution in [-0.4, -0.2) is 47.5 Å². The standard InChI is InChI=1S/C16H20F10O3/c1-7(2)6-8(12(3,4)5)9(27)29-10(15(21,22)23)14(19,20)13(28,11(17)18)16(24,25)26/h6,8,10-11,28H,1-5H3. The Labute approximate surface area is 159 Å². The maximum atomic E-state index is 14.1. The Kier molecular flexibility index (Phi) is 7.87. The largest absolute Gasteiger partial charge is 0.445 e. The highest BCUT2D eigenvalue weighted by atomic mass is 19.4. The third kappa shape index (κ3) is 5.76. The van der Waals surface area contributed by atoms with Crippen LogP contribution < -0.4 is 0 Å². The molecule has 1 N–H and O–H groups in total. The van der Waals surface area contributed by atoms with Gasteiger partial charge in [-0.1, -0.05) is 32.4 Å². The first-order chi connectivity index (χ1) is 12.5. The van der Waals surface area contributed by atoms with Gasteiger partial charge in [0.1, 0.15) is 0 Å². The molecule has 0 saturated carbocycles. The molecule has 0 bridgehead atoms. The van der Waals surface area contributed by atoms with E-state index in [-0.39, 0.29) is 0 Å². The number of aliphatic hydroxyl groups is 1. The summed E-state index contributed by atoms with van der Waals surface area (Å²) in [5, 5.41) is 8.92. The molecule has 3 atom stereocenters. The van der Waals surface area contributed by atoms with Crippen molar-refractivity contribution in [1.29, 1.82) is 0 Å². The lowest BCUT2D eigenvalue weighted by atomic mass is 9.79. The molecule has 0 heterocycles. The summed E-state index contributed by atoms with van der Waals surface area (Å²) in [6.45, 7) is 6.67. The fourth-order valence-corrected chi connectivity index (χ4v) is 2.20. The topological polar surface area (TPSA) is 46.5 Å². The van der Waals surface area contributed by atoms with Crippen molar-refractivity contribution < 1.29 is 58.5 Å². The van der Waals surface area contributed by atoms with Gasteiger partial charge in [-0.25, -0.2) is 8.78 Å². The molecule has 0 spiro atoms. The van der Waals surface area contributed by atoms with Crippen molar-refractivity contribution in [1.82, 2.24) is 0 Å². The Balaban J connectivity index is 6.46. The van der Waals surface area contributed by atoms with E-state index in [1.54, 1.807) is 0 Å². The second kappa shape index (κ2) is 8.31. The van der Waals surface area contributed by atoms with Crippen molar-refractivity contribution in [3.8, 4) is 0 Å². The predicted octanol–water partition coefficient (Wildman–Crippen LogP) is 5.28. The molecule has 0 aromatic rings. The van der Waals surface area contributed by atoms with Gasteiger partial charge in [0.15, 0.2) is 0 Å². The average Bonchev–Trinajstić information content (AvgIpc) is 2.44. The van der Waals surface area contributed by atoms with Crippen LogP contribution >= 0.6 is 0 Å². The summed E-state index contributed by atoms with van der Waals surface area (Å²) in [5.74, 6) is -10.3. The molecule has 3 nitrogen and oxygen atoms in total. The molecule has 0 aromatic heterocycles. The van der Waals surface area contributed by atoms with Crippen molar-refractivity contribution in [2.75, 3.05) is 0 Å². The highest BCUT2D eigenvalue weighted by Gasteiger charge is 2.81. The first-order valence-corrected chi connectivity index (χ1v) is 7.88. The summed E-state index contributed by atoms with van der Waals surface area (Å²) in [4.78, 5) is 12.1. The number of esters is 1. The Bertz CT molecular complexity index is 612. The van der Waals surface area contributed by atoms with Gasteiger partial charge in [-0.3, -0.25) is 4.79 Å². The maximum Gasteiger partial charge on any atom is 0.431 e.